The van der Waals surface area contributed by atoms with Gasteiger partial charge in [0, 0.05) is 10.5 Å². The van der Waals surface area contributed by atoms with Crippen molar-refractivity contribution in [2.75, 3.05) is 0 Å². The predicted octanol–water partition coefficient (Wildman–Crippen LogP) is 4.00. The molecule has 0 heterocycles. The Morgan fingerprint density at radius 1 is 1.18 bits per heavy atom. The number of benzene rings is 1. The molecule has 1 atom stereocenters. The minimum Gasteiger partial charge on any atom is -0.327 e. The molecule has 0 saturated heterocycles. The first-order valence-corrected chi connectivity index (χ1v) is 7.07. The quantitative estimate of drug-likeness (QED) is 0.896. The lowest BCUT2D eigenvalue weighted by molar-refractivity contribution is 0.457. The van der Waals surface area contributed by atoms with Crippen molar-refractivity contribution in [3.8, 4) is 0 Å². The summed E-state index contributed by atoms with van der Waals surface area (Å²) in [6.07, 6.45) is 0.957. The van der Waals surface area contributed by atoms with Gasteiger partial charge in [-0.3, -0.25) is 0 Å². The number of hydrogen-bond donors (Lipinski definition) is 1. The van der Waals surface area contributed by atoms with E-state index in [-0.39, 0.29) is 6.04 Å². The summed E-state index contributed by atoms with van der Waals surface area (Å²) < 4.78 is 1.17. The summed E-state index contributed by atoms with van der Waals surface area (Å²) in [5, 5.41) is 0. The maximum atomic E-state index is 6.41. The van der Waals surface area contributed by atoms with Crippen LogP contribution in [0.1, 0.15) is 33.3 Å². The molecule has 0 bridgehead atoms. The van der Waals surface area contributed by atoms with E-state index >= 15 is 0 Å². The first-order chi connectivity index (χ1) is 7.78. The third-order valence-corrected chi connectivity index (χ3v) is 5.75. The maximum absolute atomic E-state index is 6.41. The second-order valence-electron chi connectivity index (χ2n) is 6.38. The van der Waals surface area contributed by atoms with Crippen molar-refractivity contribution < 1.29 is 0 Å². The highest BCUT2D eigenvalue weighted by Crippen LogP contribution is 2.69. The van der Waals surface area contributed by atoms with Crippen LogP contribution >= 0.6 is 15.9 Å². The molecule has 0 amide bonds. The molecule has 1 aromatic carbocycles. The average molecular weight is 296 g/mol. The van der Waals surface area contributed by atoms with Gasteiger partial charge < -0.3 is 5.73 Å². The predicted molar refractivity (Wildman–Crippen MR) is 76.9 cm³/mol. The van der Waals surface area contributed by atoms with Gasteiger partial charge in [-0.05, 0) is 34.8 Å². The molecule has 1 aromatic rings. The molecule has 2 rings (SSSR count). The van der Waals surface area contributed by atoms with E-state index in [9.17, 15) is 0 Å². The van der Waals surface area contributed by atoms with E-state index in [1.54, 1.807) is 0 Å². The highest BCUT2D eigenvalue weighted by molar-refractivity contribution is 9.10. The van der Waals surface area contributed by atoms with Gasteiger partial charge >= 0.3 is 0 Å². The second-order valence-corrected chi connectivity index (χ2v) is 7.23. The van der Waals surface area contributed by atoms with Crippen LogP contribution in [0.2, 0.25) is 0 Å². The van der Waals surface area contributed by atoms with Crippen LogP contribution in [-0.2, 0) is 6.42 Å². The Labute approximate surface area is 113 Å². The van der Waals surface area contributed by atoms with Crippen LogP contribution < -0.4 is 5.73 Å². The van der Waals surface area contributed by atoms with Crippen LogP contribution in [0.5, 0.6) is 0 Å². The highest BCUT2D eigenvalue weighted by atomic mass is 79.9. The standard InChI is InChI=1S/C15H22BrN/c1-14(2)13(15(14,3)4)12(17)9-10-7-5-6-8-11(10)16/h5-8,12-13H,9,17H2,1-4H3. The maximum Gasteiger partial charge on any atom is 0.0207 e. The third kappa shape index (κ3) is 2.06. The van der Waals surface area contributed by atoms with E-state index in [1.165, 1.54) is 10.0 Å². The fraction of sp³-hybridized carbons (Fsp3) is 0.600. The Kier molecular flexibility index (Phi) is 3.16. The van der Waals surface area contributed by atoms with Gasteiger partial charge in [-0.25, -0.2) is 0 Å². The zero-order chi connectivity index (χ0) is 12.8. The van der Waals surface area contributed by atoms with E-state index < -0.39 is 0 Å². The van der Waals surface area contributed by atoms with Crippen molar-refractivity contribution in [3.63, 3.8) is 0 Å². The SMILES string of the molecule is CC1(C)C(C(N)Cc2ccccc2Br)C1(C)C. The van der Waals surface area contributed by atoms with Gasteiger partial charge in [0.2, 0.25) is 0 Å². The normalized spacial score (nSPS) is 23.4. The van der Waals surface area contributed by atoms with Gasteiger partial charge in [0.1, 0.15) is 0 Å². The number of halogens is 1. The minimum absolute atomic E-state index is 0.249. The van der Waals surface area contributed by atoms with Crippen LogP contribution in [0, 0.1) is 16.7 Å². The van der Waals surface area contributed by atoms with E-state index in [1.807, 2.05) is 6.07 Å². The molecule has 0 spiro atoms. The summed E-state index contributed by atoms with van der Waals surface area (Å²) in [6.45, 7) is 9.32. The molecule has 94 valence electrons. The molecular formula is C15H22BrN. The van der Waals surface area contributed by atoms with E-state index in [0.29, 0.717) is 16.7 Å². The van der Waals surface area contributed by atoms with Gasteiger partial charge in [0.25, 0.3) is 0 Å². The summed E-state index contributed by atoms with van der Waals surface area (Å²) in [7, 11) is 0. The molecule has 0 radical (unpaired) electrons. The van der Waals surface area contributed by atoms with E-state index in [2.05, 4.69) is 61.8 Å². The molecule has 1 nitrogen and oxygen atoms in total. The van der Waals surface area contributed by atoms with Crippen LogP contribution in [0.25, 0.3) is 0 Å². The van der Waals surface area contributed by atoms with Crippen molar-refractivity contribution in [2.24, 2.45) is 22.5 Å². The van der Waals surface area contributed by atoms with E-state index in [0.717, 1.165) is 6.42 Å². The van der Waals surface area contributed by atoms with Crippen molar-refractivity contribution in [2.45, 2.75) is 40.2 Å². The van der Waals surface area contributed by atoms with Gasteiger partial charge in [-0.15, -0.1) is 0 Å². The summed E-state index contributed by atoms with van der Waals surface area (Å²) in [5.41, 5.74) is 8.47. The van der Waals surface area contributed by atoms with E-state index in [4.69, 9.17) is 5.73 Å². The topological polar surface area (TPSA) is 26.0 Å². The van der Waals surface area contributed by atoms with Gasteiger partial charge in [0.05, 0.1) is 0 Å². The summed E-state index contributed by atoms with van der Waals surface area (Å²) in [6, 6.07) is 8.62. The summed E-state index contributed by atoms with van der Waals surface area (Å²) >= 11 is 3.60. The molecule has 1 fully saturated rings. The van der Waals surface area contributed by atoms with Crippen LogP contribution in [0.4, 0.5) is 0 Å². The third-order valence-electron chi connectivity index (χ3n) is 4.97. The molecular weight excluding hydrogens is 274 g/mol. The lowest BCUT2D eigenvalue weighted by atomic mass is 9.98. The van der Waals surface area contributed by atoms with Crippen molar-refractivity contribution in [1.29, 1.82) is 0 Å². The lowest BCUT2D eigenvalue weighted by Crippen LogP contribution is -2.28. The molecule has 2 heteroatoms. The molecule has 1 unspecified atom stereocenters. The van der Waals surface area contributed by atoms with Crippen LogP contribution in [0.15, 0.2) is 28.7 Å². The van der Waals surface area contributed by atoms with Crippen molar-refractivity contribution in [1.82, 2.24) is 0 Å². The molecule has 1 aliphatic rings. The fourth-order valence-corrected chi connectivity index (χ4v) is 3.80. The average Bonchev–Trinajstić information content (AvgIpc) is 2.61. The second kappa shape index (κ2) is 4.10. The Morgan fingerprint density at radius 2 is 1.71 bits per heavy atom. The monoisotopic (exact) mass is 295 g/mol. The van der Waals surface area contributed by atoms with Crippen molar-refractivity contribution >= 4 is 15.9 Å². The van der Waals surface area contributed by atoms with Crippen LogP contribution in [0.3, 0.4) is 0 Å². The van der Waals surface area contributed by atoms with Gasteiger partial charge in [-0.2, -0.15) is 0 Å². The Hall–Kier alpha value is -0.340. The molecule has 1 saturated carbocycles. The Balaban J connectivity index is 2.10. The summed E-state index contributed by atoms with van der Waals surface area (Å²) in [4.78, 5) is 0. The molecule has 0 aliphatic heterocycles. The molecule has 1 aliphatic carbocycles. The highest BCUT2D eigenvalue weighted by Gasteiger charge is 2.66. The fourth-order valence-electron chi connectivity index (χ4n) is 3.35. The minimum atomic E-state index is 0.249. The number of hydrogen-bond acceptors (Lipinski definition) is 1. The number of rotatable bonds is 3. The Morgan fingerprint density at radius 3 is 2.18 bits per heavy atom. The zero-order valence-electron chi connectivity index (χ0n) is 11.1. The molecule has 2 N–H and O–H groups in total. The van der Waals surface area contributed by atoms with Crippen LogP contribution in [-0.4, -0.2) is 6.04 Å². The first kappa shape index (κ1) is 13.1. The summed E-state index contributed by atoms with van der Waals surface area (Å²) in [5.74, 6) is 0.613. The number of nitrogens with two attached hydrogens (primary N) is 1. The smallest absolute Gasteiger partial charge is 0.0207 e. The van der Waals surface area contributed by atoms with Gasteiger partial charge in [-0.1, -0.05) is 61.8 Å². The molecule has 0 aromatic heterocycles. The largest absolute Gasteiger partial charge is 0.327 e. The van der Waals surface area contributed by atoms with Gasteiger partial charge in [0.15, 0.2) is 0 Å². The van der Waals surface area contributed by atoms with Crippen molar-refractivity contribution in [3.05, 3.63) is 34.3 Å². The Bertz CT molecular complexity index is 409. The zero-order valence-corrected chi connectivity index (χ0v) is 12.7. The first-order valence-electron chi connectivity index (χ1n) is 6.27. The lowest BCUT2D eigenvalue weighted by Gasteiger charge is -2.15. The molecule has 17 heavy (non-hydrogen) atoms.